The molecule has 164 valence electrons. The van der Waals surface area contributed by atoms with Gasteiger partial charge < -0.3 is 0 Å². The summed E-state index contributed by atoms with van der Waals surface area (Å²) in [6.45, 7) is 20.3. The van der Waals surface area contributed by atoms with Gasteiger partial charge in [0, 0.05) is 0 Å². The molecule has 2 rings (SSSR count). The maximum absolute atomic E-state index is 13.2. The van der Waals surface area contributed by atoms with Gasteiger partial charge >= 0.3 is 0 Å². The minimum Gasteiger partial charge on any atom is -0.286 e. The molecule has 3 heteroatoms. The fourth-order valence-electron chi connectivity index (χ4n) is 3.68. The van der Waals surface area contributed by atoms with Crippen LogP contribution in [-0.2, 0) is 4.79 Å². The number of carbonyl (C=O) groups is 1. The Bertz CT molecular complexity index is 997. The molecule has 0 saturated carbocycles. The quantitative estimate of drug-likeness (QED) is 0.400. The van der Waals surface area contributed by atoms with Gasteiger partial charge in [0.25, 0.3) is 0 Å². The summed E-state index contributed by atoms with van der Waals surface area (Å²) >= 11 is 0. The SMILES string of the molecule is C=Cc1cccc(C(C)C)c1/N=C(\C)C(=O)/C(C)=N/c1c(C(C)C)cccc1C(C)C. The van der Waals surface area contributed by atoms with Gasteiger partial charge in [-0.05, 0) is 53.9 Å². The van der Waals surface area contributed by atoms with E-state index in [-0.39, 0.29) is 5.78 Å². The smallest absolute Gasteiger partial charge is 0.220 e. The van der Waals surface area contributed by atoms with Crippen molar-refractivity contribution in [2.24, 2.45) is 9.98 Å². The zero-order chi connectivity index (χ0) is 23.3. The number of para-hydroxylation sites is 2. The van der Waals surface area contributed by atoms with Crippen LogP contribution in [0.4, 0.5) is 11.4 Å². The molecule has 31 heavy (non-hydrogen) atoms. The van der Waals surface area contributed by atoms with Crippen LogP contribution < -0.4 is 0 Å². The lowest BCUT2D eigenvalue weighted by atomic mass is 9.93. The van der Waals surface area contributed by atoms with Crippen LogP contribution in [0, 0.1) is 0 Å². The molecule has 2 aromatic carbocycles. The standard InChI is InChI=1S/C28H36N2O/c1-10-22-13-11-14-23(17(2)3)26(22)29-20(8)28(31)21(9)30-27-24(18(4)5)15-12-16-25(27)19(6)7/h10-19H,1H2,2-9H3/b29-20+,30-21+. The largest absolute Gasteiger partial charge is 0.286 e. The first-order valence-corrected chi connectivity index (χ1v) is 11.1. The Morgan fingerprint density at radius 3 is 1.55 bits per heavy atom. The number of carbonyl (C=O) groups excluding carboxylic acids is 1. The van der Waals surface area contributed by atoms with Gasteiger partial charge in [-0.3, -0.25) is 4.79 Å². The van der Waals surface area contributed by atoms with E-state index in [4.69, 9.17) is 9.98 Å². The van der Waals surface area contributed by atoms with Gasteiger partial charge in [-0.15, -0.1) is 0 Å². The number of hydrogen-bond acceptors (Lipinski definition) is 3. The summed E-state index contributed by atoms with van der Waals surface area (Å²) in [6.07, 6.45) is 1.79. The van der Waals surface area contributed by atoms with Crippen LogP contribution in [0.3, 0.4) is 0 Å². The van der Waals surface area contributed by atoms with Crippen LogP contribution in [0.25, 0.3) is 6.08 Å². The molecule has 0 aromatic heterocycles. The van der Waals surface area contributed by atoms with Gasteiger partial charge in [-0.2, -0.15) is 0 Å². The van der Waals surface area contributed by atoms with E-state index in [0.717, 1.165) is 33.6 Å². The third kappa shape index (κ3) is 5.66. The normalized spacial score (nSPS) is 12.7. The third-order valence-corrected chi connectivity index (χ3v) is 5.50. The molecule has 0 radical (unpaired) electrons. The molecule has 0 unspecified atom stereocenters. The van der Waals surface area contributed by atoms with E-state index in [1.807, 2.05) is 12.1 Å². The van der Waals surface area contributed by atoms with Crippen molar-refractivity contribution >= 4 is 34.7 Å². The average Bonchev–Trinajstić information content (AvgIpc) is 2.72. The monoisotopic (exact) mass is 416 g/mol. The number of hydrogen-bond donors (Lipinski definition) is 0. The molecule has 0 fully saturated rings. The Morgan fingerprint density at radius 1 is 0.742 bits per heavy atom. The molecule has 0 spiro atoms. The van der Waals surface area contributed by atoms with Crippen molar-refractivity contribution in [3.63, 3.8) is 0 Å². The number of rotatable bonds is 8. The van der Waals surface area contributed by atoms with E-state index in [1.54, 1.807) is 19.9 Å². The Morgan fingerprint density at radius 2 is 1.13 bits per heavy atom. The van der Waals surface area contributed by atoms with Crippen LogP contribution in [-0.4, -0.2) is 17.2 Å². The molecule has 3 nitrogen and oxygen atoms in total. The van der Waals surface area contributed by atoms with Gasteiger partial charge in [0.1, 0.15) is 0 Å². The second-order valence-corrected chi connectivity index (χ2v) is 8.96. The van der Waals surface area contributed by atoms with Crippen LogP contribution in [0.5, 0.6) is 0 Å². The number of nitrogens with zero attached hydrogens (tertiary/aromatic N) is 2. The van der Waals surface area contributed by atoms with E-state index in [2.05, 4.69) is 72.4 Å². The Labute approximate surface area is 188 Å². The highest BCUT2D eigenvalue weighted by atomic mass is 16.1. The minimum atomic E-state index is -0.137. The summed E-state index contributed by atoms with van der Waals surface area (Å²) in [5.74, 6) is 0.802. The van der Waals surface area contributed by atoms with Crippen molar-refractivity contribution in [3.05, 3.63) is 65.2 Å². The minimum absolute atomic E-state index is 0.137. The Hall–Kier alpha value is -2.81. The Kier molecular flexibility index (Phi) is 8.27. The second kappa shape index (κ2) is 10.5. The fraction of sp³-hybridized carbons (Fsp3) is 0.393. The van der Waals surface area contributed by atoms with E-state index in [1.165, 1.54) is 0 Å². The van der Waals surface area contributed by atoms with Crippen molar-refractivity contribution in [2.75, 3.05) is 0 Å². The molecule has 0 N–H and O–H groups in total. The summed E-state index contributed by atoms with van der Waals surface area (Å²) < 4.78 is 0. The second-order valence-electron chi connectivity index (χ2n) is 8.96. The zero-order valence-corrected chi connectivity index (χ0v) is 20.3. The molecule has 0 atom stereocenters. The third-order valence-electron chi connectivity index (χ3n) is 5.50. The number of benzene rings is 2. The summed E-state index contributed by atoms with van der Waals surface area (Å²) in [4.78, 5) is 22.8. The maximum atomic E-state index is 13.2. The predicted molar refractivity (Wildman–Crippen MR) is 136 cm³/mol. The average molecular weight is 417 g/mol. The zero-order valence-electron chi connectivity index (χ0n) is 20.3. The summed E-state index contributed by atoms with van der Waals surface area (Å²) in [6, 6.07) is 12.3. The molecule has 0 aliphatic rings. The van der Waals surface area contributed by atoms with Crippen LogP contribution in [0.15, 0.2) is 53.0 Å². The van der Waals surface area contributed by atoms with Crippen molar-refractivity contribution in [1.29, 1.82) is 0 Å². The van der Waals surface area contributed by atoms with Crippen molar-refractivity contribution in [2.45, 2.75) is 73.1 Å². The highest BCUT2D eigenvalue weighted by molar-refractivity contribution is 6.66. The molecular weight excluding hydrogens is 380 g/mol. The van der Waals surface area contributed by atoms with Gasteiger partial charge in [0.15, 0.2) is 0 Å². The van der Waals surface area contributed by atoms with Crippen LogP contribution >= 0.6 is 0 Å². The van der Waals surface area contributed by atoms with Crippen LogP contribution in [0.2, 0.25) is 0 Å². The summed E-state index contributed by atoms with van der Waals surface area (Å²) in [7, 11) is 0. The lowest BCUT2D eigenvalue weighted by Gasteiger charge is -2.17. The van der Waals surface area contributed by atoms with Crippen molar-refractivity contribution in [1.82, 2.24) is 0 Å². The predicted octanol–water partition coefficient (Wildman–Crippen LogP) is 8.15. The topological polar surface area (TPSA) is 41.8 Å². The molecule has 0 amide bonds. The molecule has 0 saturated heterocycles. The Balaban J connectivity index is 2.55. The number of Topliss-reactive ketones (excluding diaryl/α,β-unsaturated/α-hetero) is 1. The highest BCUT2D eigenvalue weighted by Crippen LogP contribution is 2.35. The fourth-order valence-corrected chi connectivity index (χ4v) is 3.68. The maximum Gasteiger partial charge on any atom is 0.220 e. The molecule has 0 heterocycles. The molecular formula is C28H36N2O. The van der Waals surface area contributed by atoms with E-state index in [0.29, 0.717) is 29.2 Å². The lowest BCUT2D eigenvalue weighted by Crippen LogP contribution is -2.19. The van der Waals surface area contributed by atoms with Crippen LogP contribution in [0.1, 0.15) is 95.4 Å². The van der Waals surface area contributed by atoms with Gasteiger partial charge in [-0.1, -0.05) is 90.6 Å². The molecule has 0 aliphatic heterocycles. The van der Waals surface area contributed by atoms with Crippen molar-refractivity contribution < 1.29 is 4.79 Å². The molecule has 2 aromatic rings. The van der Waals surface area contributed by atoms with E-state index < -0.39 is 0 Å². The first-order chi connectivity index (χ1) is 14.6. The number of aliphatic imine (C=N–C) groups is 2. The van der Waals surface area contributed by atoms with Gasteiger partial charge in [-0.25, -0.2) is 9.98 Å². The van der Waals surface area contributed by atoms with E-state index >= 15 is 0 Å². The highest BCUT2D eigenvalue weighted by Gasteiger charge is 2.18. The summed E-state index contributed by atoms with van der Waals surface area (Å²) in [5, 5.41) is 0. The summed E-state index contributed by atoms with van der Waals surface area (Å²) in [5.41, 5.74) is 6.98. The molecule has 0 bridgehead atoms. The first kappa shape index (κ1) is 24.5. The lowest BCUT2D eigenvalue weighted by molar-refractivity contribution is -0.107. The van der Waals surface area contributed by atoms with Gasteiger partial charge in [0.2, 0.25) is 5.78 Å². The number of ketones is 1. The van der Waals surface area contributed by atoms with Crippen molar-refractivity contribution in [3.8, 4) is 0 Å². The van der Waals surface area contributed by atoms with E-state index in [9.17, 15) is 4.79 Å². The van der Waals surface area contributed by atoms with Gasteiger partial charge in [0.05, 0.1) is 22.8 Å². The molecule has 0 aliphatic carbocycles. The first-order valence-electron chi connectivity index (χ1n) is 11.1.